The summed E-state index contributed by atoms with van der Waals surface area (Å²) in [7, 11) is 2.14. The number of phenolic OH excluding ortho intramolecular Hbond substituents is 1. The number of carbonyl (C=O) groups is 1. The summed E-state index contributed by atoms with van der Waals surface area (Å²) in [5, 5.41) is 32.1. The lowest BCUT2D eigenvalue weighted by Crippen LogP contribution is -2.47. The van der Waals surface area contributed by atoms with Crippen LogP contribution in [0, 0.1) is 6.92 Å². The molecule has 0 fully saturated rings. The Labute approximate surface area is 154 Å². The highest BCUT2D eigenvalue weighted by Crippen LogP contribution is 2.23. The van der Waals surface area contributed by atoms with Gasteiger partial charge in [-0.2, -0.15) is 0 Å². The van der Waals surface area contributed by atoms with Crippen molar-refractivity contribution in [2.24, 2.45) is 0 Å². The molecule has 0 aliphatic rings. The van der Waals surface area contributed by atoms with Crippen LogP contribution in [-0.4, -0.2) is 53.1 Å². The quantitative estimate of drug-likeness (QED) is 0.558. The lowest BCUT2D eigenvalue weighted by atomic mass is 9.75. The van der Waals surface area contributed by atoms with E-state index in [2.05, 4.69) is 5.32 Å². The van der Waals surface area contributed by atoms with Gasteiger partial charge in [0.25, 0.3) is 5.91 Å². The van der Waals surface area contributed by atoms with Crippen LogP contribution in [0.2, 0.25) is 0 Å². The summed E-state index contributed by atoms with van der Waals surface area (Å²) in [5.41, 5.74) is 2.67. The SMILES string of the molecule is Cc1cccc(C[C@H](NC(=O)c2cccc(CN(C)C)c2)B(O)O)c1O. The Morgan fingerprint density at radius 3 is 2.54 bits per heavy atom. The van der Waals surface area contributed by atoms with Gasteiger partial charge in [0.15, 0.2) is 0 Å². The van der Waals surface area contributed by atoms with Crippen molar-refractivity contribution in [3.05, 3.63) is 64.7 Å². The Morgan fingerprint density at radius 1 is 1.19 bits per heavy atom. The zero-order valence-electron chi connectivity index (χ0n) is 15.3. The topological polar surface area (TPSA) is 93.0 Å². The molecule has 0 bridgehead atoms. The van der Waals surface area contributed by atoms with Crippen molar-refractivity contribution in [2.45, 2.75) is 25.8 Å². The molecule has 1 atom stereocenters. The molecule has 0 radical (unpaired) electrons. The molecule has 1 amide bonds. The molecule has 0 spiro atoms. The third-order valence-electron chi connectivity index (χ3n) is 4.13. The zero-order valence-corrected chi connectivity index (χ0v) is 15.3. The average molecular weight is 356 g/mol. The number of phenols is 1. The van der Waals surface area contributed by atoms with Crippen molar-refractivity contribution in [2.75, 3.05) is 14.1 Å². The number of aryl methyl sites for hydroxylation is 1. The van der Waals surface area contributed by atoms with Gasteiger partial charge in [0.1, 0.15) is 5.75 Å². The molecular weight excluding hydrogens is 331 g/mol. The van der Waals surface area contributed by atoms with Crippen LogP contribution in [0.4, 0.5) is 0 Å². The molecule has 0 unspecified atom stereocenters. The number of nitrogens with one attached hydrogen (secondary N) is 1. The Hall–Kier alpha value is -2.35. The van der Waals surface area contributed by atoms with E-state index in [1.54, 1.807) is 43.3 Å². The van der Waals surface area contributed by atoms with Gasteiger partial charge in [-0.3, -0.25) is 4.79 Å². The van der Waals surface area contributed by atoms with Gasteiger partial charge in [-0.1, -0.05) is 30.3 Å². The summed E-state index contributed by atoms with van der Waals surface area (Å²) >= 11 is 0. The first kappa shape index (κ1) is 20.0. The van der Waals surface area contributed by atoms with E-state index in [4.69, 9.17) is 0 Å². The maximum Gasteiger partial charge on any atom is 0.475 e. The Morgan fingerprint density at radius 2 is 1.88 bits per heavy atom. The van der Waals surface area contributed by atoms with E-state index in [0.29, 0.717) is 23.2 Å². The minimum absolute atomic E-state index is 0.0976. The van der Waals surface area contributed by atoms with E-state index in [1.807, 2.05) is 25.1 Å². The first-order valence-corrected chi connectivity index (χ1v) is 8.46. The largest absolute Gasteiger partial charge is 0.507 e. The first-order chi connectivity index (χ1) is 12.3. The Bertz CT molecular complexity index is 765. The molecule has 2 aromatic rings. The fourth-order valence-corrected chi connectivity index (χ4v) is 2.78. The van der Waals surface area contributed by atoms with Crippen LogP contribution in [0.25, 0.3) is 0 Å². The van der Waals surface area contributed by atoms with Crippen LogP contribution in [0.3, 0.4) is 0 Å². The molecule has 2 aromatic carbocycles. The number of aromatic hydroxyl groups is 1. The number of amides is 1. The molecular formula is C19H25BN2O4. The Balaban J connectivity index is 2.14. The van der Waals surface area contributed by atoms with Gasteiger partial charge in [-0.25, -0.2) is 0 Å². The van der Waals surface area contributed by atoms with Crippen molar-refractivity contribution in [1.82, 2.24) is 10.2 Å². The van der Waals surface area contributed by atoms with E-state index < -0.39 is 19.0 Å². The van der Waals surface area contributed by atoms with E-state index in [1.165, 1.54) is 0 Å². The van der Waals surface area contributed by atoms with Crippen molar-refractivity contribution in [3.8, 4) is 5.75 Å². The van der Waals surface area contributed by atoms with Crippen molar-refractivity contribution >= 4 is 13.0 Å². The van der Waals surface area contributed by atoms with Crippen LogP contribution in [0.15, 0.2) is 42.5 Å². The van der Waals surface area contributed by atoms with E-state index in [9.17, 15) is 19.9 Å². The second kappa shape index (κ2) is 8.85. The smallest absolute Gasteiger partial charge is 0.475 e. The van der Waals surface area contributed by atoms with Gasteiger partial charge in [0, 0.05) is 12.1 Å². The van der Waals surface area contributed by atoms with Crippen LogP contribution >= 0.6 is 0 Å². The normalized spacial score (nSPS) is 12.1. The number of rotatable bonds is 7. The number of benzene rings is 2. The molecule has 2 rings (SSSR count). The molecule has 0 aliphatic carbocycles. The lowest BCUT2D eigenvalue weighted by molar-refractivity contribution is 0.0941. The van der Waals surface area contributed by atoms with Crippen molar-refractivity contribution < 1.29 is 19.9 Å². The van der Waals surface area contributed by atoms with Gasteiger partial charge in [-0.15, -0.1) is 0 Å². The standard InChI is InChI=1S/C19H25BN2O4/c1-13-6-4-8-15(18(13)23)11-17(20(25)26)21-19(24)16-9-5-7-14(10-16)12-22(2)3/h4-10,17,23,25-26H,11-12H2,1-3H3,(H,21,24)/t17-/m0/s1. The second-order valence-electron chi connectivity index (χ2n) is 6.72. The van der Waals surface area contributed by atoms with Crippen molar-refractivity contribution in [3.63, 3.8) is 0 Å². The number of nitrogens with zero attached hydrogens (tertiary/aromatic N) is 1. The minimum Gasteiger partial charge on any atom is -0.507 e. The van der Waals surface area contributed by atoms with E-state index in [-0.39, 0.29) is 12.2 Å². The molecule has 6 nitrogen and oxygen atoms in total. The van der Waals surface area contributed by atoms with Gasteiger partial charge in [0.2, 0.25) is 0 Å². The predicted octanol–water partition coefficient (Wildman–Crippen LogP) is 1.12. The monoisotopic (exact) mass is 356 g/mol. The van der Waals surface area contributed by atoms with Crippen LogP contribution < -0.4 is 5.32 Å². The van der Waals surface area contributed by atoms with Crippen LogP contribution in [0.5, 0.6) is 5.75 Å². The van der Waals surface area contributed by atoms with Crippen LogP contribution in [-0.2, 0) is 13.0 Å². The number of hydrogen-bond acceptors (Lipinski definition) is 5. The highest BCUT2D eigenvalue weighted by atomic mass is 16.4. The minimum atomic E-state index is -1.75. The maximum absolute atomic E-state index is 12.5. The van der Waals surface area contributed by atoms with Gasteiger partial charge < -0.3 is 25.4 Å². The Kier molecular flexibility index (Phi) is 6.80. The zero-order chi connectivity index (χ0) is 19.3. The highest BCUT2D eigenvalue weighted by Gasteiger charge is 2.27. The fraction of sp³-hybridized carbons (Fsp3) is 0.316. The summed E-state index contributed by atoms with van der Waals surface area (Å²) in [4.78, 5) is 14.5. The third-order valence-corrected chi connectivity index (χ3v) is 4.13. The van der Waals surface area contributed by atoms with Gasteiger partial charge in [0.05, 0.1) is 5.94 Å². The van der Waals surface area contributed by atoms with E-state index in [0.717, 1.165) is 5.56 Å². The van der Waals surface area contributed by atoms with Gasteiger partial charge in [-0.05, 0) is 56.3 Å². The molecule has 0 saturated heterocycles. The van der Waals surface area contributed by atoms with E-state index >= 15 is 0 Å². The lowest BCUT2D eigenvalue weighted by Gasteiger charge is -2.19. The summed E-state index contributed by atoms with van der Waals surface area (Å²) in [6.07, 6.45) is 0.105. The molecule has 0 heterocycles. The molecule has 0 aromatic heterocycles. The number of carbonyl (C=O) groups excluding carboxylic acids is 1. The molecule has 0 saturated carbocycles. The third kappa shape index (κ3) is 5.32. The van der Waals surface area contributed by atoms with Crippen molar-refractivity contribution in [1.29, 1.82) is 0 Å². The molecule has 0 aliphatic heterocycles. The summed E-state index contributed by atoms with van der Waals surface area (Å²) < 4.78 is 0. The molecule has 4 N–H and O–H groups in total. The summed E-state index contributed by atoms with van der Waals surface area (Å²) in [6.45, 7) is 2.46. The first-order valence-electron chi connectivity index (χ1n) is 8.46. The average Bonchev–Trinajstić information content (AvgIpc) is 2.57. The summed E-state index contributed by atoms with van der Waals surface area (Å²) in [5.74, 6) is -1.23. The number of hydrogen-bond donors (Lipinski definition) is 4. The highest BCUT2D eigenvalue weighted by molar-refractivity contribution is 6.43. The fourth-order valence-electron chi connectivity index (χ4n) is 2.78. The van der Waals surface area contributed by atoms with Crippen LogP contribution in [0.1, 0.15) is 27.0 Å². The molecule has 7 heteroatoms. The van der Waals surface area contributed by atoms with Gasteiger partial charge >= 0.3 is 7.12 Å². The number of para-hydroxylation sites is 1. The molecule has 138 valence electrons. The maximum atomic E-state index is 12.5. The second-order valence-corrected chi connectivity index (χ2v) is 6.72. The summed E-state index contributed by atoms with van der Waals surface area (Å²) in [6, 6.07) is 12.4. The molecule has 26 heavy (non-hydrogen) atoms. The predicted molar refractivity (Wildman–Crippen MR) is 102 cm³/mol.